The molecule has 0 radical (unpaired) electrons. The molecule has 1 rings (SSSR count). The first-order valence-corrected chi connectivity index (χ1v) is 6.17. The summed E-state index contributed by atoms with van der Waals surface area (Å²) in [7, 11) is 1.59. The van der Waals surface area contributed by atoms with Gasteiger partial charge >= 0.3 is 0 Å². The standard InChI is InChI=1S/C12H22N2O3/c1-11(15)14(8-9-17-2)10-12(16)13-6-4-3-5-7-13/h3-10H2,1-2H3. The van der Waals surface area contributed by atoms with Crippen molar-refractivity contribution in [2.45, 2.75) is 26.2 Å². The molecule has 1 heterocycles. The Labute approximate surface area is 103 Å². The monoisotopic (exact) mass is 242 g/mol. The molecular formula is C12H22N2O3. The van der Waals surface area contributed by atoms with Gasteiger partial charge in [0.15, 0.2) is 0 Å². The van der Waals surface area contributed by atoms with Crippen LogP contribution in [-0.2, 0) is 14.3 Å². The average Bonchev–Trinajstić information content (AvgIpc) is 2.35. The average molecular weight is 242 g/mol. The van der Waals surface area contributed by atoms with E-state index < -0.39 is 0 Å². The van der Waals surface area contributed by atoms with Gasteiger partial charge in [0, 0.05) is 33.7 Å². The molecule has 0 aromatic heterocycles. The highest BCUT2D eigenvalue weighted by molar-refractivity contribution is 5.83. The molecule has 98 valence electrons. The van der Waals surface area contributed by atoms with E-state index in [1.165, 1.54) is 13.3 Å². The number of rotatable bonds is 5. The van der Waals surface area contributed by atoms with Gasteiger partial charge in [0.2, 0.25) is 11.8 Å². The SMILES string of the molecule is COCCN(CC(=O)N1CCCCC1)C(C)=O. The molecule has 0 aromatic carbocycles. The van der Waals surface area contributed by atoms with Crippen molar-refractivity contribution in [2.24, 2.45) is 0 Å². The summed E-state index contributed by atoms with van der Waals surface area (Å²) in [5.74, 6) is -0.0246. The predicted octanol–water partition coefficient (Wildman–Crippen LogP) is 0.494. The number of likely N-dealkylation sites (tertiary alicyclic amines) is 1. The van der Waals surface area contributed by atoms with Crippen LogP contribution in [0.15, 0.2) is 0 Å². The van der Waals surface area contributed by atoms with Crippen molar-refractivity contribution >= 4 is 11.8 Å². The maximum atomic E-state index is 12.0. The molecule has 1 fully saturated rings. The molecule has 1 aliphatic heterocycles. The third-order valence-electron chi connectivity index (χ3n) is 3.05. The summed E-state index contributed by atoms with van der Waals surface area (Å²) in [5.41, 5.74) is 0. The van der Waals surface area contributed by atoms with Crippen molar-refractivity contribution in [3.05, 3.63) is 0 Å². The molecule has 0 aromatic rings. The van der Waals surface area contributed by atoms with Gasteiger partial charge in [-0.25, -0.2) is 0 Å². The van der Waals surface area contributed by atoms with Crippen LogP contribution in [0.25, 0.3) is 0 Å². The van der Waals surface area contributed by atoms with Crippen molar-refractivity contribution in [3.63, 3.8) is 0 Å². The number of nitrogens with zero attached hydrogens (tertiary/aromatic N) is 2. The minimum atomic E-state index is -0.0765. The molecule has 0 N–H and O–H groups in total. The van der Waals surface area contributed by atoms with Crippen LogP contribution < -0.4 is 0 Å². The molecule has 17 heavy (non-hydrogen) atoms. The van der Waals surface area contributed by atoms with E-state index in [1.807, 2.05) is 4.90 Å². The Balaban J connectivity index is 2.42. The zero-order valence-corrected chi connectivity index (χ0v) is 10.8. The fraction of sp³-hybridized carbons (Fsp3) is 0.833. The molecule has 0 bridgehead atoms. The van der Waals surface area contributed by atoms with Crippen LogP contribution in [0, 0.1) is 0 Å². The highest BCUT2D eigenvalue weighted by atomic mass is 16.5. The van der Waals surface area contributed by atoms with E-state index in [0.29, 0.717) is 13.2 Å². The first-order chi connectivity index (χ1) is 8.15. The zero-order valence-electron chi connectivity index (χ0n) is 10.8. The molecule has 1 saturated heterocycles. The lowest BCUT2D eigenvalue weighted by molar-refractivity contribution is -0.140. The number of hydrogen-bond donors (Lipinski definition) is 0. The molecule has 0 aliphatic carbocycles. The van der Waals surface area contributed by atoms with Gasteiger partial charge in [-0.1, -0.05) is 0 Å². The van der Waals surface area contributed by atoms with Gasteiger partial charge in [-0.2, -0.15) is 0 Å². The number of amides is 2. The van der Waals surface area contributed by atoms with Crippen molar-refractivity contribution < 1.29 is 14.3 Å². The van der Waals surface area contributed by atoms with E-state index in [4.69, 9.17) is 4.74 Å². The summed E-state index contributed by atoms with van der Waals surface area (Å²) in [5, 5.41) is 0. The normalized spacial score (nSPS) is 15.8. The quantitative estimate of drug-likeness (QED) is 0.705. The summed E-state index contributed by atoms with van der Waals surface area (Å²) < 4.78 is 4.93. The second kappa shape index (κ2) is 7.27. The fourth-order valence-electron chi connectivity index (χ4n) is 1.96. The molecule has 2 amide bonds. The molecule has 0 unspecified atom stereocenters. The summed E-state index contributed by atoms with van der Waals surface area (Å²) >= 11 is 0. The van der Waals surface area contributed by atoms with Crippen molar-refractivity contribution in [2.75, 3.05) is 39.9 Å². The second-order valence-corrected chi connectivity index (χ2v) is 4.37. The number of hydrogen-bond acceptors (Lipinski definition) is 3. The van der Waals surface area contributed by atoms with Crippen LogP contribution in [0.2, 0.25) is 0 Å². The Morgan fingerprint density at radius 1 is 1.24 bits per heavy atom. The second-order valence-electron chi connectivity index (χ2n) is 4.37. The van der Waals surface area contributed by atoms with E-state index >= 15 is 0 Å². The summed E-state index contributed by atoms with van der Waals surface area (Å²) in [6.45, 7) is 4.26. The smallest absolute Gasteiger partial charge is 0.242 e. The molecular weight excluding hydrogens is 220 g/mol. The Morgan fingerprint density at radius 2 is 1.88 bits per heavy atom. The molecule has 5 nitrogen and oxygen atoms in total. The van der Waals surface area contributed by atoms with Crippen LogP contribution in [0.5, 0.6) is 0 Å². The number of methoxy groups -OCH3 is 1. The van der Waals surface area contributed by atoms with Gasteiger partial charge in [-0.15, -0.1) is 0 Å². The van der Waals surface area contributed by atoms with Crippen LogP contribution >= 0.6 is 0 Å². The van der Waals surface area contributed by atoms with Gasteiger partial charge in [0.25, 0.3) is 0 Å². The van der Waals surface area contributed by atoms with E-state index in [9.17, 15) is 9.59 Å². The lowest BCUT2D eigenvalue weighted by atomic mass is 10.1. The zero-order chi connectivity index (χ0) is 12.7. The number of carbonyl (C=O) groups excluding carboxylic acids is 2. The van der Waals surface area contributed by atoms with Crippen molar-refractivity contribution in [1.82, 2.24) is 9.80 Å². The Bertz CT molecular complexity index is 262. The minimum Gasteiger partial charge on any atom is -0.383 e. The van der Waals surface area contributed by atoms with Crippen LogP contribution in [0.1, 0.15) is 26.2 Å². The van der Waals surface area contributed by atoms with E-state index in [-0.39, 0.29) is 18.4 Å². The third kappa shape index (κ3) is 4.73. The third-order valence-corrected chi connectivity index (χ3v) is 3.05. The summed E-state index contributed by atoms with van der Waals surface area (Å²) in [4.78, 5) is 26.7. The van der Waals surface area contributed by atoms with Crippen LogP contribution in [0.4, 0.5) is 0 Å². The van der Waals surface area contributed by atoms with Crippen LogP contribution in [-0.4, -0.2) is 61.5 Å². The first-order valence-electron chi connectivity index (χ1n) is 6.17. The number of carbonyl (C=O) groups is 2. The maximum absolute atomic E-state index is 12.0. The topological polar surface area (TPSA) is 49.9 Å². The number of piperidine rings is 1. The van der Waals surface area contributed by atoms with Crippen molar-refractivity contribution in [3.8, 4) is 0 Å². The predicted molar refractivity (Wildman–Crippen MR) is 64.6 cm³/mol. The largest absolute Gasteiger partial charge is 0.383 e. The minimum absolute atomic E-state index is 0.0519. The number of ether oxygens (including phenoxy) is 1. The van der Waals surface area contributed by atoms with Gasteiger partial charge in [0.1, 0.15) is 0 Å². The lowest BCUT2D eigenvalue weighted by Crippen LogP contribution is -2.45. The van der Waals surface area contributed by atoms with E-state index in [0.717, 1.165) is 25.9 Å². The molecule has 0 spiro atoms. The van der Waals surface area contributed by atoms with E-state index in [2.05, 4.69) is 0 Å². The van der Waals surface area contributed by atoms with Crippen molar-refractivity contribution in [1.29, 1.82) is 0 Å². The van der Waals surface area contributed by atoms with E-state index in [1.54, 1.807) is 12.0 Å². The first kappa shape index (κ1) is 14.0. The lowest BCUT2D eigenvalue weighted by Gasteiger charge is -2.29. The summed E-state index contributed by atoms with van der Waals surface area (Å²) in [6, 6.07) is 0. The maximum Gasteiger partial charge on any atom is 0.242 e. The Morgan fingerprint density at radius 3 is 2.41 bits per heavy atom. The Hall–Kier alpha value is -1.10. The highest BCUT2D eigenvalue weighted by Gasteiger charge is 2.20. The molecule has 1 aliphatic rings. The molecule has 5 heteroatoms. The fourth-order valence-corrected chi connectivity index (χ4v) is 1.96. The van der Waals surface area contributed by atoms with Gasteiger partial charge in [-0.3, -0.25) is 9.59 Å². The van der Waals surface area contributed by atoms with Gasteiger partial charge in [0.05, 0.1) is 13.2 Å². The molecule has 0 atom stereocenters. The Kier molecular flexibility index (Phi) is 5.97. The summed E-state index contributed by atoms with van der Waals surface area (Å²) in [6.07, 6.45) is 3.34. The highest BCUT2D eigenvalue weighted by Crippen LogP contribution is 2.09. The van der Waals surface area contributed by atoms with Gasteiger partial charge in [-0.05, 0) is 19.3 Å². The molecule has 0 saturated carbocycles. The van der Waals surface area contributed by atoms with Gasteiger partial charge < -0.3 is 14.5 Å². The van der Waals surface area contributed by atoms with Crippen LogP contribution in [0.3, 0.4) is 0 Å².